The lowest BCUT2D eigenvalue weighted by molar-refractivity contribution is 0.383. The summed E-state index contributed by atoms with van der Waals surface area (Å²) in [6.07, 6.45) is 5.16. The van der Waals surface area contributed by atoms with E-state index in [1.165, 1.54) is 10.5 Å². The molecule has 9 heteroatoms. The quantitative estimate of drug-likeness (QED) is 0.755. The van der Waals surface area contributed by atoms with Crippen LogP contribution in [0.2, 0.25) is 5.15 Å². The molecule has 0 unspecified atom stereocenters. The fourth-order valence-electron chi connectivity index (χ4n) is 2.92. The number of hydrogen-bond acceptors (Lipinski definition) is 6. The predicted molar refractivity (Wildman–Crippen MR) is 94.2 cm³/mol. The van der Waals surface area contributed by atoms with E-state index in [9.17, 15) is 8.42 Å². The average Bonchev–Trinajstić information content (AvgIpc) is 3.47. The van der Waals surface area contributed by atoms with E-state index < -0.39 is 10.0 Å². The molecule has 0 N–H and O–H groups in total. The highest BCUT2D eigenvalue weighted by molar-refractivity contribution is 7.89. The summed E-state index contributed by atoms with van der Waals surface area (Å²) in [5, 5.41) is 0.442. The van der Waals surface area contributed by atoms with E-state index in [1.54, 1.807) is 24.4 Å². The zero-order valence-corrected chi connectivity index (χ0v) is 15.1. The van der Waals surface area contributed by atoms with Crippen LogP contribution in [0.5, 0.6) is 0 Å². The molecule has 25 heavy (non-hydrogen) atoms. The third-order valence-electron chi connectivity index (χ3n) is 4.48. The minimum absolute atomic E-state index is 0.226. The molecule has 132 valence electrons. The van der Waals surface area contributed by atoms with Crippen LogP contribution in [0.4, 0.5) is 5.82 Å². The first-order valence-electron chi connectivity index (χ1n) is 8.23. The SMILES string of the molecule is O=S(=O)(c1cccnc1)N1CCN(c2cc(Cl)nc(C3CC3)n2)CC1. The molecule has 3 heterocycles. The van der Waals surface area contributed by atoms with Gasteiger partial charge in [0, 0.05) is 50.6 Å². The molecule has 1 aliphatic carbocycles. The lowest BCUT2D eigenvalue weighted by Crippen LogP contribution is -2.49. The molecular weight excluding hydrogens is 362 g/mol. The maximum Gasteiger partial charge on any atom is 0.244 e. The van der Waals surface area contributed by atoms with Gasteiger partial charge < -0.3 is 4.90 Å². The van der Waals surface area contributed by atoms with Crippen molar-refractivity contribution in [1.82, 2.24) is 19.3 Å². The summed E-state index contributed by atoms with van der Waals surface area (Å²) in [6.45, 7) is 1.93. The first-order valence-corrected chi connectivity index (χ1v) is 10.1. The zero-order valence-electron chi connectivity index (χ0n) is 13.5. The van der Waals surface area contributed by atoms with Gasteiger partial charge in [-0.2, -0.15) is 4.31 Å². The van der Waals surface area contributed by atoms with Crippen LogP contribution < -0.4 is 4.90 Å². The van der Waals surface area contributed by atoms with E-state index in [0.29, 0.717) is 37.3 Å². The van der Waals surface area contributed by atoms with Crippen molar-refractivity contribution in [2.45, 2.75) is 23.7 Å². The van der Waals surface area contributed by atoms with Gasteiger partial charge in [-0.15, -0.1) is 0 Å². The van der Waals surface area contributed by atoms with Crippen molar-refractivity contribution in [1.29, 1.82) is 0 Å². The fourth-order valence-corrected chi connectivity index (χ4v) is 4.49. The molecular formula is C16H18ClN5O2S. The molecule has 2 aromatic rings. The number of anilines is 1. The predicted octanol–water partition coefficient (Wildman–Crippen LogP) is 1.91. The average molecular weight is 380 g/mol. The van der Waals surface area contributed by atoms with Gasteiger partial charge in [-0.05, 0) is 25.0 Å². The molecule has 7 nitrogen and oxygen atoms in total. The third-order valence-corrected chi connectivity index (χ3v) is 6.55. The molecule has 0 bridgehead atoms. The van der Waals surface area contributed by atoms with Crippen molar-refractivity contribution in [2.24, 2.45) is 0 Å². The minimum atomic E-state index is -3.50. The Morgan fingerprint density at radius 1 is 1.12 bits per heavy atom. The van der Waals surface area contributed by atoms with Gasteiger partial charge in [-0.3, -0.25) is 4.98 Å². The van der Waals surface area contributed by atoms with Crippen LogP contribution >= 0.6 is 11.6 Å². The molecule has 0 radical (unpaired) electrons. The van der Waals surface area contributed by atoms with Crippen molar-refractivity contribution in [3.63, 3.8) is 0 Å². The number of sulfonamides is 1. The van der Waals surface area contributed by atoms with E-state index in [0.717, 1.165) is 24.5 Å². The largest absolute Gasteiger partial charge is 0.354 e. The Labute approximate surface area is 151 Å². The van der Waals surface area contributed by atoms with Crippen molar-refractivity contribution in [3.8, 4) is 0 Å². The lowest BCUT2D eigenvalue weighted by atomic mass is 10.3. The third kappa shape index (κ3) is 3.47. The monoisotopic (exact) mass is 379 g/mol. The summed E-state index contributed by atoms with van der Waals surface area (Å²) >= 11 is 6.13. The van der Waals surface area contributed by atoms with Gasteiger partial charge in [0.25, 0.3) is 0 Å². The normalized spacial score (nSPS) is 19.2. The summed E-state index contributed by atoms with van der Waals surface area (Å²) in [5.74, 6) is 2.00. The van der Waals surface area contributed by atoms with Crippen LogP contribution in [-0.2, 0) is 10.0 Å². The maximum atomic E-state index is 12.7. The molecule has 1 aliphatic heterocycles. The van der Waals surface area contributed by atoms with E-state index in [2.05, 4.69) is 19.9 Å². The molecule has 0 spiro atoms. The molecule has 0 amide bonds. The van der Waals surface area contributed by atoms with E-state index >= 15 is 0 Å². The van der Waals surface area contributed by atoms with Gasteiger partial charge in [0.15, 0.2) is 0 Å². The van der Waals surface area contributed by atoms with Crippen molar-refractivity contribution in [2.75, 3.05) is 31.1 Å². The molecule has 2 fully saturated rings. The van der Waals surface area contributed by atoms with Gasteiger partial charge in [-0.25, -0.2) is 18.4 Å². The zero-order chi connectivity index (χ0) is 17.4. The van der Waals surface area contributed by atoms with Gasteiger partial charge in [0.1, 0.15) is 21.7 Å². The summed E-state index contributed by atoms with van der Waals surface area (Å²) < 4.78 is 26.8. The first kappa shape index (κ1) is 16.7. The highest BCUT2D eigenvalue weighted by Crippen LogP contribution is 2.39. The summed E-state index contributed by atoms with van der Waals surface area (Å²) in [5.41, 5.74) is 0. The Hall–Kier alpha value is -1.77. The number of halogens is 1. The van der Waals surface area contributed by atoms with Crippen LogP contribution in [0.25, 0.3) is 0 Å². The Morgan fingerprint density at radius 3 is 2.52 bits per heavy atom. The van der Waals surface area contributed by atoms with Gasteiger partial charge in [-0.1, -0.05) is 11.6 Å². The highest BCUT2D eigenvalue weighted by Gasteiger charge is 2.31. The topological polar surface area (TPSA) is 79.3 Å². The van der Waals surface area contributed by atoms with Gasteiger partial charge >= 0.3 is 0 Å². The van der Waals surface area contributed by atoms with Gasteiger partial charge in [0.05, 0.1) is 0 Å². The summed E-state index contributed by atoms with van der Waals surface area (Å²) in [4.78, 5) is 15.1. The molecule has 1 saturated heterocycles. The Balaban J connectivity index is 1.48. The van der Waals surface area contributed by atoms with E-state index in [-0.39, 0.29) is 4.90 Å². The van der Waals surface area contributed by atoms with Gasteiger partial charge in [0.2, 0.25) is 10.0 Å². The van der Waals surface area contributed by atoms with E-state index in [1.807, 2.05) is 0 Å². The smallest absolute Gasteiger partial charge is 0.244 e. The number of rotatable bonds is 4. The van der Waals surface area contributed by atoms with E-state index in [4.69, 9.17) is 11.6 Å². The summed E-state index contributed by atoms with van der Waals surface area (Å²) in [7, 11) is -3.50. The molecule has 0 aromatic carbocycles. The Bertz CT molecular complexity index is 865. The second-order valence-electron chi connectivity index (χ2n) is 6.26. The molecule has 2 aliphatic rings. The number of aromatic nitrogens is 3. The number of hydrogen-bond donors (Lipinski definition) is 0. The van der Waals surface area contributed by atoms with Crippen molar-refractivity contribution < 1.29 is 8.42 Å². The van der Waals surface area contributed by atoms with Crippen LogP contribution in [0.3, 0.4) is 0 Å². The summed E-state index contributed by atoms with van der Waals surface area (Å²) in [6, 6.07) is 4.95. The van der Waals surface area contributed by atoms with Crippen LogP contribution in [0.1, 0.15) is 24.6 Å². The fraction of sp³-hybridized carbons (Fsp3) is 0.438. The first-order chi connectivity index (χ1) is 12.0. The van der Waals surface area contributed by atoms with Crippen molar-refractivity contribution in [3.05, 3.63) is 41.6 Å². The molecule has 1 saturated carbocycles. The molecule has 0 atom stereocenters. The molecule has 2 aromatic heterocycles. The number of pyridine rings is 1. The number of piperazine rings is 1. The second-order valence-corrected chi connectivity index (χ2v) is 8.59. The maximum absolute atomic E-state index is 12.7. The van der Waals surface area contributed by atoms with Crippen molar-refractivity contribution >= 4 is 27.4 Å². The minimum Gasteiger partial charge on any atom is -0.354 e. The highest BCUT2D eigenvalue weighted by atomic mass is 35.5. The number of nitrogens with zero attached hydrogens (tertiary/aromatic N) is 5. The second kappa shape index (κ2) is 6.51. The van der Waals surface area contributed by atoms with Crippen LogP contribution in [0.15, 0.2) is 35.5 Å². The van der Waals surface area contributed by atoms with Crippen LogP contribution in [-0.4, -0.2) is 53.9 Å². The Morgan fingerprint density at radius 2 is 1.88 bits per heavy atom. The van der Waals surface area contributed by atoms with Crippen LogP contribution in [0, 0.1) is 0 Å². The molecule has 4 rings (SSSR count). The standard InChI is InChI=1S/C16H18ClN5O2S/c17-14-10-15(20-16(19-14)12-3-4-12)21-6-8-22(9-7-21)25(23,24)13-2-1-5-18-11-13/h1-2,5,10-12H,3-4,6-9H2. The lowest BCUT2D eigenvalue weighted by Gasteiger charge is -2.34. The Kier molecular flexibility index (Phi) is 4.35.